The molecule has 1 rings (SSSR count). The summed E-state index contributed by atoms with van der Waals surface area (Å²) in [6, 6.07) is -0.434. The van der Waals surface area contributed by atoms with E-state index >= 15 is 0 Å². The van der Waals surface area contributed by atoms with Crippen molar-refractivity contribution in [2.45, 2.75) is 31.7 Å². The number of nitrogens with one attached hydrogen (secondary N) is 2. The highest BCUT2D eigenvalue weighted by molar-refractivity contribution is 5.71. The van der Waals surface area contributed by atoms with E-state index in [9.17, 15) is 4.79 Å². The molecule has 1 fully saturated rings. The molecule has 1 heterocycles. The number of amides is 2. The normalized spacial score (nSPS) is 28.8. The van der Waals surface area contributed by atoms with Gasteiger partial charge in [0.15, 0.2) is 0 Å². The van der Waals surface area contributed by atoms with E-state index in [1.807, 2.05) is 0 Å². The fraction of sp³-hybridized carbons (Fsp3) is 0.875. The van der Waals surface area contributed by atoms with E-state index in [1.54, 1.807) is 0 Å². The van der Waals surface area contributed by atoms with Crippen molar-refractivity contribution in [2.24, 2.45) is 5.73 Å². The lowest BCUT2D eigenvalue weighted by molar-refractivity contribution is 0.242. The number of urea groups is 1. The molecule has 0 aromatic carbocycles. The van der Waals surface area contributed by atoms with Crippen molar-refractivity contribution in [1.29, 1.82) is 0 Å². The van der Waals surface area contributed by atoms with E-state index in [-0.39, 0.29) is 5.54 Å². The van der Waals surface area contributed by atoms with Gasteiger partial charge in [0.2, 0.25) is 0 Å². The van der Waals surface area contributed by atoms with Gasteiger partial charge >= 0.3 is 6.03 Å². The molecule has 0 radical (unpaired) electrons. The number of carbonyl (C=O) groups excluding carboxylic acids is 1. The summed E-state index contributed by atoms with van der Waals surface area (Å²) >= 11 is 0. The number of carbonyl (C=O) groups is 1. The minimum absolute atomic E-state index is 0.106. The molecule has 2 amide bonds. The van der Waals surface area contributed by atoms with Crippen molar-refractivity contribution < 1.29 is 4.79 Å². The third kappa shape index (κ3) is 2.11. The molecule has 1 aliphatic heterocycles. The fourth-order valence-corrected chi connectivity index (χ4v) is 1.70. The van der Waals surface area contributed by atoms with E-state index in [0.717, 1.165) is 19.4 Å². The molecule has 1 unspecified atom stereocenters. The topological polar surface area (TPSA) is 67.1 Å². The van der Waals surface area contributed by atoms with Crippen LogP contribution < -0.4 is 16.4 Å². The first-order valence-corrected chi connectivity index (χ1v) is 4.47. The van der Waals surface area contributed by atoms with Gasteiger partial charge in [-0.05, 0) is 25.8 Å². The summed E-state index contributed by atoms with van der Waals surface area (Å²) < 4.78 is 0. The Balaban J connectivity index is 2.39. The van der Waals surface area contributed by atoms with Gasteiger partial charge in [0.05, 0.1) is 0 Å². The Kier molecular flexibility index (Phi) is 2.92. The van der Waals surface area contributed by atoms with Gasteiger partial charge < -0.3 is 16.4 Å². The van der Waals surface area contributed by atoms with Crippen molar-refractivity contribution in [3.05, 3.63) is 0 Å². The van der Waals surface area contributed by atoms with Crippen LogP contribution in [0.25, 0.3) is 0 Å². The lowest BCUT2D eigenvalue weighted by Gasteiger charge is -2.27. The maximum Gasteiger partial charge on any atom is 0.312 e. The third-order valence-electron chi connectivity index (χ3n) is 2.61. The molecule has 4 heteroatoms. The predicted octanol–water partition coefficient (Wildman–Crippen LogP) is 0.187. The van der Waals surface area contributed by atoms with Crippen LogP contribution in [0.3, 0.4) is 0 Å². The number of nitrogens with two attached hydrogens (primary N) is 1. The zero-order valence-corrected chi connectivity index (χ0v) is 7.52. The summed E-state index contributed by atoms with van der Waals surface area (Å²) in [6.07, 6.45) is 3.35. The number of hydrogen-bond donors (Lipinski definition) is 3. The second-order valence-electron chi connectivity index (χ2n) is 3.38. The molecular formula is C8H17N3O. The van der Waals surface area contributed by atoms with Crippen LogP contribution in [0.4, 0.5) is 4.79 Å². The summed E-state index contributed by atoms with van der Waals surface area (Å²) in [7, 11) is 0. The van der Waals surface area contributed by atoms with E-state index < -0.39 is 6.03 Å². The molecule has 70 valence electrons. The average Bonchev–Trinajstić information content (AvgIpc) is 2.50. The average molecular weight is 171 g/mol. The van der Waals surface area contributed by atoms with Crippen LogP contribution in [0.5, 0.6) is 0 Å². The summed E-state index contributed by atoms with van der Waals surface area (Å²) in [4.78, 5) is 10.5. The molecule has 0 aromatic heterocycles. The Hall–Kier alpha value is -0.770. The molecule has 0 aromatic rings. The van der Waals surface area contributed by atoms with Crippen LogP contribution in [-0.4, -0.2) is 24.7 Å². The van der Waals surface area contributed by atoms with E-state index in [2.05, 4.69) is 17.6 Å². The summed E-state index contributed by atoms with van der Waals surface area (Å²) in [5, 5.41) is 6.06. The highest BCUT2D eigenvalue weighted by Gasteiger charge is 2.31. The fourth-order valence-electron chi connectivity index (χ4n) is 1.70. The molecule has 0 saturated carbocycles. The number of primary amides is 1. The maximum atomic E-state index is 10.5. The van der Waals surface area contributed by atoms with Gasteiger partial charge in [-0.25, -0.2) is 4.79 Å². The third-order valence-corrected chi connectivity index (χ3v) is 2.61. The van der Waals surface area contributed by atoms with Crippen LogP contribution in [0.15, 0.2) is 0 Å². The number of hydrogen-bond acceptors (Lipinski definition) is 2. The highest BCUT2D eigenvalue weighted by Crippen LogP contribution is 2.21. The Bertz CT molecular complexity index is 164. The van der Waals surface area contributed by atoms with Gasteiger partial charge in [-0.1, -0.05) is 6.92 Å². The lowest BCUT2D eigenvalue weighted by atomic mass is 9.94. The monoisotopic (exact) mass is 171 g/mol. The largest absolute Gasteiger partial charge is 0.352 e. The quantitative estimate of drug-likeness (QED) is 0.567. The first-order valence-electron chi connectivity index (χ1n) is 4.47. The standard InChI is InChI=1S/C8H17N3O/c1-2-8(4-3-5-11-8)6-10-7(9)12/h11H,2-6H2,1H3,(H3,9,10,12). The first kappa shape index (κ1) is 9.32. The molecule has 0 spiro atoms. The van der Waals surface area contributed by atoms with Crippen molar-refractivity contribution in [2.75, 3.05) is 13.1 Å². The molecule has 1 saturated heterocycles. The minimum Gasteiger partial charge on any atom is -0.352 e. The molecule has 1 atom stereocenters. The molecule has 1 aliphatic rings. The predicted molar refractivity (Wildman–Crippen MR) is 47.8 cm³/mol. The summed E-state index contributed by atoms with van der Waals surface area (Å²) in [6.45, 7) is 3.83. The Labute approximate surface area is 72.9 Å². The summed E-state index contributed by atoms with van der Waals surface area (Å²) in [5.41, 5.74) is 5.11. The lowest BCUT2D eigenvalue weighted by Crippen LogP contribution is -2.50. The van der Waals surface area contributed by atoms with Gasteiger partial charge in [-0.15, -0.1) is 0 Å². The van der Waals surface area contributed by atoms with Crippen molar-refractivity contribution >= 4 is 6.03 Å². The Morgan fingerprint density at radius 1 is 1.75 bits per heavy atom. The molecule has 12 heavy (non-hydrogen) atoms. The maximum absolute atomic E-state index is 10.5. The molecule has 0 aliphatic carbocycles. The smallest absolute Gasteiger partial charge is 0.312 e. The Morgan fingerprint density at radius 2 is 2.50 bits per heavy atom. The van der Waals surface area contributed by atoms with Gasteiger partial charge in [0.25, 0.3) is 0 Å². The van der Waals surface area contributed by atoms with Gasteiger partial charge in [0, 0.05) is 12.1 Å². The van der Waals surface area contributed by atoms with Crippen molar-refractivity contribution in [3.8, 4) is 0 Å². The van der Waals surface area contributed by atoms with Crippen LogP contribution in [0.1, 0.15) is 26.2 Å². The van der Waals surface area contributed by atoms with Gasteiger partial charge in [0.1, 0.15) is 0 Å². The van der Waals surface area contributed by atoms with E-state index in [4.69, 9.17) is 5.73 Å². The van der Waals surface area contributed by atoms with Gasteiger partial charge in [-0.2, -0.15) is 0 Å². The first-order chi connectivity index (χ1) is 5.68. The minimum atomic E-state index is -0.434. The SMILES string of the molecule is CCC1(CNC(N)=O)CCCN1. The second kappa shape index (κ2) is 3.76. The Morgan fingerprint density at radius 3 is 2.92 bits per heavy atom. The zero-order chi connectivity index (χ0) is 9.03. The van der Waals surface area contributed by atoms with Crippen molar-refractivity contribution in [3.63, 3.8) is 0 Å². The highest BCUT2D eigenvalue weighted by atomic mass is 16.2. The molecule has 4 N–H and O–H groups in total. The molecule has 0 bridgehead atoms. The van der Waals surface area contributed by atoms with Crippen LogP contribution in [0.2, 0.25) is 0 Å². The van der Waals surface area contributed by atoms with Crippen molar-refractivity contribution in [1.82, 2.24) is 10.6 Å². The summed E-state index contributed by atoms with van der Waals surface area (Å²) in [5.74, 6) is 0. The number of rotatable bonds is 3. The second-order valence-corrected chi connectivity index (χ2v) is 3.38. The molecular weight excluding hydrogens is 154 g/mol. The molecule has 4 nitrogen and oxygen atoms in total. The van der Waals surface area contributed by atoms with E-state index in [0.29, 0.717) is 6.54 Å². The van der Waals surface area contributed by atoms with Gasteiger partial charge in [-0.3, -0.25) is 0 Å². The van der Waals surface area contributed by atoms with Crippen LogP contribution >= 0.6 is 0 Å². The van der Waals surface area contributed by atoms with Crippen LogP contribution in [-0.2, 0) is 0 Å². The van der Waals surface area contributed by atoms with Crippen LogP contribution in [0, 0.1) is 0 Å². The zero-order valence-electron chi connectivity index (χ0n) is 7.52. The van der Waals surface area contributed by atoms with E-state index in [1.165, 1.54) is 6.42 Å².